The molecule has 0 saturated carbocycles. The Morgan fingerprint density at radius 1 is 0.595 bits per heavy atom. The second-order valence-electron chi connectivity index (χ2n) is 11.4. The van der Waals surface area contributed by atoms with Crippen LogP contribution < -0.4 is 0 Å². The van der Waals surface area contributed by atoms with Gasteiger partial charge in [-0.25, -0.2) is 0 Å². The van der Waals surface area contributed by atoms with Crippen molar-refractivity contribution < 1.29 is 10.0 Å². The highest BCUT2D eigenvalue weighted by Gasteiger charge is 2.37. The van der Waals surface area contributed by atoms with Crippen molar-refractivity contribution in [2.45, 2.75) is 24.7 Å². The van der Waals surface area contributed by atoms with Crippen LogP contribution in [0.2, 0.25) is 0 Å². The van der Waals surface area contributed by atoms with Crippen LogP contribution in [0.4, 0.5) is 0 Å². The normalized spacial score (nSPS) is 21.7. The maximum Gasteiger partial charge on any atom is 0.489 e. The average molecular weight is 607 g/mol. The molecule has 6 aliphatic carbocycles. The van der Waals surface area contributed by atoms with Gasteiger partial charge >= 0.3 is 7.12 Å². The highest BCUT2D eigenvalue weighted by molar-refractivity contribution is 9.10. The van der Waals surface area contributed by atoms with Gasteiger partial charge in [-0.15, -0.1) is 0 Å². The molecular weight excluding hydrogens is 579 g/mol. The Hall–Kier alpha value is -3.96. The summed E-state index contributed by atoms with van der Waals surface area (Å²) in [7, 11) is -1.41. The Labute approximate surface area is 255 Å². The second kappa shape index (κ2) is 10.1. The monoisotopic (exact) mass is 606 g/mol. The molecule has 3 aromatic carbocycles. The first-order valence-electron chi connectivity index (χ1n) is 14.6. The molecule has 6 aliphatic rings. The third-order valence-corrected chi connectivity index (χ3v) is 9.79. The molecule has 0 saturated heterocycles. The Morgan fingerprint density at radius 2 is 1.14 bits per heavy atom. The lowest BCUT2D eigenvalue weighted by atomic mass is 9.68. The fraction of sp³-hybridized carbons (Fsp3) is 0.105. The van der Waals surface area contributed by atoms with Crippen LogP contribution in [0, 0.1) is 0 Å². The Bertz CT molecular complexity index is 1910. The van der Waals surface area contributed by atoms with E-state index in [1.54, 1.807) is 0 Å². The van der Waals surface area contributed by atoms with Gasteiger partial charge in [0, 0.05) is 16.3 Å². The molecule has 2 nitrogen and oxygen atoms in total. The van der Waals surface area contributed by atoms with Gasteiger partial charge in [0.1, 0.15) is 0 Å². The summed E-state index contributed by atoms with van der Waals surface area (Å²) in [6.07, 6.45) is 19.4. The van der Waals surface area contributed by atoms with Crippen molar-refractivity contribution in [1.29, 1.82) is 0 Å². The first kappa shape index (κ1) is 25.7. The van der Waals surface area contributed by atoms with E-state index in [9.17, 15) is 10.0 Å². The molecule has 0 aromatic heterocycles. The highest BCUT2D eigenvalue weighted by Crippen LogP contribution is 2.54. The molecular formula is C38H28BBrO2. The lowest BCUT2D eigenvalue weighted by molar-refractivity contribution is 0.420. The summed E-state index contributed by atoms with van der Waals surface area (Å²) in [6, 6.07) is 26.0. The molecule has 0 heterocycles. The predicted octanol–water partition coefficient (Wildman–Crippen LogP) is 8.66. The predicted molar refractivity (Wildman–Crippen MR) is 176 cm³/mol. The number of halogens is 1. The van der Waals surface area contributed by atoms with E-state index in [2.05, 4.69) is 125 Å². The molecule has 0 fully saturated rings. The standard InChI is InChI=1S/C22H15Br.C16H13BO2/c23-15-10-8-14(9-11-15)16-12-13-21-18-5-2-1-4-17(18)20-7-3-6-19(16)22(20)21;18-17(19)15-9-8-13-11-5-2-1-4-10(11)12-6-3-7-14(15)16(12)13/h1-6,8-13,21H,7H2;1-5,7-9,13,18-19H,6H2. The van der Waals surface area contributed by atoms with Gasteiger partial charge in [0.2, 0.25) is 0 Å². The molecule has 0 spiro atoms. The highest BCUT2D eigenvalue weighted by atomic mass is 79.9. The summed E-state index contributed by atoms with van der Waals surface area (Å²) in [6.45, 7) is 0. The van der Waals surface area contributed by atoms with Crippen molar-refractivity contribution in [2.24, 2.45) is 0 Å². The molecule has 0 aliphatic heterocycles. The Balaban J connectivity index is 0.000000129. The number of hydrogen-bond acceptors (Lipinski definition) is 2. The van der Waals surface area contributed by atoms with Gasteiger partial charge < -0.3 is 10.0 Å². The number of fused-ring (bicyclic) bond motifs is 6. The Kier molecular flexibility index (Phi) is 6.19. The first-order chi connectivity index (χ1) is 20.6. The zero-order valence-electron chi connectivity index (χ0n) is 23.0. The number of allylic oxidation sites excluding steroid dienone is 16. The van der Waals surface area contributed by atoms with Crippen LogP contribution in [0.15, 0.2) is 154 Å². The Morgan fingerprint density at radius 3 is 1.76 bits per heavy atom. The quantitative estimate of drug-likeness (QED) is 0.287. The van der Waals surface area contributed by atoms with Crippen LogP contribution in [-0.2, 0) is 0 Å². The molecule has 2 unspecified atom stereocenters. The maximum absolute atomic E-state index is 9.52. The molecule has 202 valence electrons. The summed E-state index contributed by atoms with van der Waals surface area (Å²) in [4.78, 5) is 0. The number of hydrogen-bond donors (Lipinski definition) is 2. The molecule has 0 amide bonds. The van der Waals surface area contributed by atoms with Crippen molar-refractivity contribution in [1.82, 2.24) is 0 Å². The molecule has 4 heteroatoms. The molecule has 2 N–H and O–H groups in total. The van der Waals surface area contributed by atoms with Crippen LogP contribution in [0.1, 0.15) is 52.5 Å². The largest absolute Gasteiger partial charge is 0.489 e. The van der Waals surface area contributed by atoms with E-state index in [-0.39, 0.29) is 5.92 Å². The zero-order valence-corrected chi connectivity index (χ0v) is 24.6. The van der Waals surface area contributed by atoms with E-state index >= 15 is 0 Å². The molecule has 9 rings (SSSR count). The SMILES string of the molecule is Brc1ccc(C2=C3C=CCC4=C3C(C=C2)c2ccccc24)cc1.OB(O)C1=C2C=CCC3=C2C(C=C1)c1ccccc13. The van der Waals surface area contributed by atoms with E-state index in [0.29, 0.717) is 11.4 Å². The molecule has 3 aromatic rings. The van der Waals surface area contributed by atoms with Crippen LogP contribution in [0.25, 0.3) is 16.7 Å². The van der Waals surface area contributed by atoms with Gasteiger partial charge in [0.25, 0.3) is 0 Å². The summed E-state index contributed by atoms with van der Waals surface area (Å²) in [5.74, 6) is 0.703. The molecule has 42 heavy (non-hydrogen) atoms. The topological polar surface area (TPSA) is 40.5 Å². The smallest absolute Gasteiger partial charge is 0.423 e. The number of benzene rings is 3. The van der Waals surface area contributed by atoms with Crippen LogP contribution in [0.5, 0.6) is 0 Å². The van der Waals surface area contributed by atoms with Crippen molar-refractivity contribution in [2.75, 3.05) is 0 Å². The summed E-state index contributed by atoms with van der Waals surface area (Å²) in [5, 5.41) is 19.0. The minimum absolute atomic E-state index is 0.272. The maximum atomic E-state index is 9.52. The molecule has 0 bridgehead atoms. The first-order valence-corrected chi connectivity index (χ1v) is 15.3. The van der Waals surface area contributed by atoms with E-state index in [1.165, 1.54) is 61.3 Å². The zero-order chi connectivity index (χ0) is 28.4. The second-order valence-corrected chi connectivity index (χ2v) is 12.3. The fourth-order valence-corrected chi connectivity index (χ4v) is 7.76. The summed E-state index contributed by atoms with van der Waals surface area (Å²) < 4.78 is 1.12. The van der Waals surface area contributed by atoms with Gasteiger partial charge in [-0.3, -0.25) is 0 Å². The average Bonchev–Trinajstić information content (AvgIpc) is 3.54. The van der Waals surface area contributed by atoms with Gasteiger partial charge in [-0.05, 0) is 97.3 Å². The minimum atomic E-state index is -1.41. The van der Waals surface area contributed by atoms with Crippen molar-refractivity contribution >= 4 is 39.8 Å². The van der Waals surface area contributed by atoms with Gasteiger partial charge in [0.15, 0.2) is 0 Å². The van der Waals surface area contributed by atoms with Crippen LogP contribution in [0.3, 0.4) is 0 Å². The van der Waals surface area contributed by atoms with E-state index in [1.807, 2.05) is 12.2 Å². The van der Waals surface area contributed by atoms with Crippen molar-refractivity contribution in [3.8, 4) is 0 Å². The van der Waals surface area contributed by atoms with Crippen LogP contribution in [-0.4, -0.2) is 17.2 Å². The van der Waals surface area contributed by atoms with E-state index < -0.39 is 7.12 Å². The third kappa shape index (κ3) is 3.94. The van der Waals surface area contributed by atoms with E-state index in [4.69, 9.17) is 0 Å². The van der Waals surface area contributed by atoms with Crippen LogP contribution >= 0.6 is 15.9 Å². The molecule has 2 atom stereocenters. The minimum Gasteiger partial charge on any atom is -0.423 e. The lowest BCUT2D eigenvalue weighted by Gasteiger charge is -2.24. The number of rotatable bonds is 2. The summed E-state index contributed by atoms with van der Waals surface area (Å²) >= 11 is 3.53. The van der Waals surface area contributed by atoms with Gasteiger partial charge in [0.05, 0.1) is 0 Å². The lowest BCUT2D eigenvalue weighted by Crippen LogP contribution is -2.20. The summed E-state index contributed by atoms with van der Waals surface area (Å²) in [5.41, 5.74) is 16.8. The van der Waals surface area contributed by atoms with E-state index in [0.717, 1.165) is 22.9 Å². The van der Waals surface area contributed by atoms with Crippen molar-refractivity contribution in [3.63, 3.8) is 0 Å². The van der Waals surface area contributed by atoms with Crippen molar-refractivity contribution in [3.05, 3.63) is 181 Å². The van der Waals surface area contributed by atoms with Gasteiger partial charge in [-0.2, -0.15) is 0 Å². The molecule has 0 radical (unpaired) electrons. The fourth-order valence-electron chi connectivity index (χ4n) is 7.50. The van der Waals surface area contributed by atoms with Gasteiger partial charge in [-0.1, -0.05) is 125 Å². The third-order valence-electron chi connectivity index (χ3n) is 9.27.